The van der Waals surface area contributed by atoms with Gasteiger partial charge in [0.2, 0.25) is 0 Å². The number of rotatable bonds is 4. The van der Waals surface area contributed by atoms with Gasteiger partial charge in [-0.2, -0.15) is 0 Å². The highest BCUT2D eigenvalue weighted by Gasteiger charge is 2.40. The third-order valence-electron chi connectivity index (χ3n) is 3.04. The Morgan fingerprint density at radius 1 is 1.44 bits per heavy atom. The van der Waals surface area contributed by atoms with E-state index in [0.717, 1.165) is 24.8 Å². The summed E-state index contributed by atoms with van der Waals surface area (Å²) in [6.45, 7) is 6.83. The van der Waals surface area contributed by atoms with Gasteiger partial charge in [0.1, 0.15) is 0 Å². The first-order valence-corrected chi connectivity index (χ1v) is 6.07. The molecule has 1 aliphatic rings. The summed E-state index contributed by atoms with van der Waals surface area (Å²) in [6.07, 6.45) is 0. The van der Waals surface area contributed by atoms with E-state index in [-0.39, 0.29) is 5.41 Å². The summed E-state index contributed by atoms with van der Waals surface area (Å²) in [5.74, 6) is 0. The Balaban J connectivity index is 2.14. The van der Waals surface area contributed by atoms with E-state index in [1.165, 1.54) is 5.56 Å². The highest BCUT2D eigenvalue weighted by atomic mass is 35.5. The van der Waals surface area contributed by atoms with Crippen LogP contribution in [0.4, 0.5) is 0 Å². The molecule has 1 N–H and O–H groups in total. The van der Waals surface area contributed by atoms with Gasteiger partial charge in [0.05, 0.1) is 18.6 Å². The first-order chi connectivity index (χ1) is 7.62. The molecule has 3 heteroatoms. The molecule has 0 saturated carbocycles. The summed E-state index contributed by atoms with van der Waals surface area (Å²) < 4.78 is 5.38. The average Bonchev–Trinajstić information content (AvgIpc) is 2.15. The van der Waals surface area contributed by atoms with E-state index in [1.807, 2.05) is 18.2 Å². The fraction of sp³-hybridized carbons (Fsp3) is 0.538. The Bertz CT molecular complexity index is 361. The Hall–Kier alpha value is -0.570. The van der Waals surface area contributed by atoms with Crippen LogP contribution >= 0.6 is 11.6 Å². The van der Waals surface area contributed by atoms with Crippen LogP contribution in [0.5, 0.6) is 0 Å². The maximum absolute atomic E-state index is 6.03. The molecule has 1 aliphatic heterocycles. The summed E-state index contributed by atoms with van der Waals surface area (Å²) >= 11 is 6.03. The van der Waals surface area contributed by atoms with Gasteiger partial charge in [0.15, 0.2) is 0 Å². The average molecular weight is 240 g/mol. The molecule has 1 aromatic carbocycles. The molecule has 0 spiro atoms. The predicted molar refractivity (Wildman–Crippen MR) is 67.1 cm³/mol. The number of hydrogen-bond donors (Lipinski definition) is 1. The van der Waals surface area contributed by atoms with Crippen molar-refractivity contribution in [3.63, 3.8) is 0 Å². The molecule has 2 rings (SSSR count). The van der Waals surface area contributed by atoms with Crippen LogP contribution in [0.1, 0.15) is 19.4 Å². The summed E-state index contributed by atoms with van der Waals surface area (Å²) in [4.78, 5) is 0. The summed E-state index contributed by atoms with van der Waals surface area (Å²) in [6, 6.07) is 8.60. The van der Waals surface area contributed by atoms with Gasteiger partial charge in [-0.15, -0.1) is 0 Å². The first kappa shape index (κ1) is 11.9. The monoisotopic (exact) mass is 239 g/mol. The smallest absolute Gasteiger partial charge is 0.0598 e. The molecule has 0 radical (unpaired) electrons. The van der Waals surface area contributed by atoms with Gasteiger partial charge in [0, 0.05) is 17.6 Å². The molecule has 1 fully saturated rings. The molecular formula is C13H18ClNO. The summed E-state index contributed by atoms with van der Waals surface area (Å²) in [7, 11) is 0. The highest BCUT2D eigenvalue weighted by Crippen LogP contribution is 2.33. The van der Waals surface area contributed by atoms with Crippen molar-refractivity contribution in [2.24, 2.45) is 0 Å². The quantitative estimate of drug-likeness (QED) is 0.872. The number of nitrogens with one attached hydrogen (secondary N) is 1. The molecule has 1 saturated heterocycles. The summed E-state index contributed by atoms with van der Waals surface area (Å²) in [5.41, 5.74) is 1.40. The molecule has 88 valence electrons. The van der Waals surface area contributed by atoms with E-state index in [9.17, 15) is 0 Å². The lowest BCUT2D eigenvalue weighted by Crippen LogP contribution is -2.54. The number of benzene rings is 1. The maximum Gasteiger partial charge on any atom is 0.0598 e. The van der Waals surface area contributed by atoms with Gasteiger partial charge in [-0.05, 0) is 17.7 Å². The summed E-state index contributed by atoms with van der Waals surface area (Å²) in [5, 5.41) is 4.28. The molecule has 0 amide bonds. The molecule has 1 aromatic rings. The van der Waals surface area contributed by atoms with Crippen LogP contribution in [-0.2, 0) is 10.2 Å². The maximum atomic E-state index is 6.03. The van der Waals surface area contributed by atoms with E-state index in [1.54, 1.807) is 0 Å². The van der Waals surface area contributed by atoms with E-state index in [0.29, 0.717) is 6.04 Å². The van der Waals surface area contributed by atoms with Gasteiger partial charge in [-0.25, -0.2) is 0 Å². The lowest BCUT2D eigenvalue weighted by molar-refractivity contribution is -0.0596. The molecule has 16 heavy (non-hydrogen) atoms. The zero-order valence-corrected chi connectivity index (χ0v) is 10.6. The second kappa shape index (κ2) is 4.74. The SMILES string of the molecule is CC(C)NCC1(c2cccc(Cl)c2)COC1. The topological polar surface area (TPSA) is 21.3 Å². The minimum absolute atomic E-state index is 0.120. The van der Waals surface area contributed by atoms with Gasteiger partial charge < -0.3 is 10.1 Å². The van der Waals surface area contributed by atoms with Crippen molar-refractivity contribution >= 4 is 11.6 Å². The molecule has 0 aromatic heterocycles. The Morgan fingerprint density at radius 3 is 2.69 bits per heavy atom. The zero-order valence-electron chi connectivity index (χ0n) is 9.79. The third-order valence-corrected chi connectivity index (χ3v) is 3.28. The van der Waals surface area contributed by atoms with Crippen LogP contribution < -0.4 is 5.32 Å². The van der Waals surface area contributed by atoms with Crippen molar-refractivity contribution < 1.29 is 4.74 Å². The molecule has 0 unspecified atom stereocenters. The first-order valence-electron chi connectivity index (χ1n) is 5.70. The molecule has 0 aliphatic carbocycles. The second-order valence-electron chi connectivity index (χ2n) is 4.82. The van der Waals surface area contributed by atoms with E-state index in [2.05, 4.69) is 25.2 Å². The van der Waals surface area contributed by atoms with E-state index >= 15 is 0 Å². The minimum Gasteiger partial charge on any atom is -0.379 e. The lowest BCUT2D eigenvalue weighted by atomic mass is 9.78. The van der Waals surface area contributed by atoms with Crippen molar-refractivity contribution in [1.82, 2.24) is 5.32 Å². The fourth-order valence-electron chi connectivity index (χ4n) is 1.94. The third kappa shape index (κ3) is 2.40. The Morgan fingerprint density at radius 2 is 2.19 bits per heavy atom. The van der Waals surface area contributed by atoms with Gasteiger partial charge in [-0.3, -0.25) is 0 Å². The van der Waals surface area contributed by atoms with Crippen LogP contribution in [0, 0.1) is 0 Å². The van der Waals surface area contributed by atoms with Crippen LogP contribution in [-0.4, -0.2) is 25.8 Å². The van der Waals surface area contributed by atoms with E-state index < -0.39 is 0 Å². The normalized spacial score (nSPS) is 18.5. The van der Waals surface area contributed by atoms with Crippen molar-refractivity contribution in [3.8, 4) is 0 Å². The van der Waals surface area contributed by atoms with Crippen molar-refractivity contribution in [2.45, 2.75) is 25.3 Å². The molecule has 0 bridgehead atoms. The Labute approximate surface area is 102 Å². The minimum atomic E-state index is 0.120. The largest absolute Gasteiger partial charge is 0.379 e. The molecular weight excluding hydrogens is 222 g/mol. The lowest BCUT2D eigenvalue weighted by Gasteiger charge is -2.42. The van der Waals surface area contributed by atoms with Crippen molar-refractivity contribution in [1.29, 1.82) is 0 Å². The number of hydrogen-bond acceptors (Lipinski definition) is 2. The molecule has 2 nitrogen and oxygen atoms in total. The molecule has 1 heterocycles. The fourth-order valence-corrected chi connectivity index (χ4v) is 2.13. The van der Waals surface area contributed by atoms with Gasteiger partial charge in [0.25, 0.3) is 0 Å². The highest BCUT2D eigenvalue weighted by molar-refractivity contribution is 6.30. The predicted octanol–water partition coefficient (Wildman–Crippen LogP) is 2.61. The van der Waals surface area contributed by atoms with Crippen molar-refractivity contribution in [3.05, 3.63) is 34.9 Å². The molecule has 0 atom stereocenters. The zero-order chi connectivity index (χ0) is 11.6. The standard InChI is InChI=1S/C13H18ClNO/c1-10(2)15-7-13(8-16-9-13)11-4-3-5-12(14)6-11/h3-6,10,15H,7-9H2,1-2H3. The van der Waals surface area contributed by atoms with Crippen LogP contribution in [0.15, 0.2) is 24.3 Å². The number of halogens is 1. The van der Waals surface area contributed by atoms with E-state index in [4.69, 9.17) is 16.3 Å². The second-order valence-corrected chi connectivity index (χ2v) is 5.26. The van der Waals surface area contributed by atoms with Crippen LogP contribution in [0.25, 0.3) is 0 Å². The van der Waals surface area contributed by atoms with Crippen LogP contribution in [0.3, 0.4) is 0 Å². The van der Waals surface area contributed by atoms with Gasteiger partial charge in [-0.1, -0.05) is 37.6 Å². The van der Waals surface area contributed by atoms with Crippen LogP contribution in [0.2, 0.25) is 5.02 Å². The van der Waals surface area contributed by atoms with Crippen molar-refractivity contribution in [2.75, 3.05) is 19.8 Å². The van der Waals surface area contributed by atoms with Gasteiger partial charge >= 0.3 is 0 Å². The number of ether oxygens (including phenoxy) is 1. The Kier molecular flexibility index (Phi) is 3.53.